The summed E-state index contributed by atoms with van der Waals surface area (Å²) < 4.78 is 2.01. The minimum absolute atomic E-state index is 0.317. The second-order valence-electron chi connectivity index (χ2n) is 4.83. The van der Waals surface area contributed by atoms with Crippen LogP contribution in [0.5, 0.6) is 0 Å². The van der Waals surface area contributed by atoms with E-state index in [4.69, 9.17) is 0 Å². The van der Waals surface area contributed by atoms with Gasteiger partial charge in [0.05, 0.1) is 0 Å². The molecule has 2 aromatic heterocycles. The van der Waals surface area contributed by atoms with E-state index in [1.807, 2.05) is 23.1 Å². The van der Waals surface area contributed by atoms with Crippen molar-refractivity contribution in [2.75, 3.05) is 7.05 Å². The topological polar surface area (TPSA) is 42.7 Å². The molecule has 5 heteroatoms. The molecular formula is C14H22N4S. The third-order valence-electron chi connectivity index (χ3n) is 3.39. The van der Waals surface area contributed by atoms with Crippen LogP contribution in [0.15, 0.2) is 12.4 Å². The first kappa shape index (κ1) is 14.2. The van der Waals surface area contributed by atoms with E-state index in [0.717, 1.165) is 25.2 Å². The molecule has 0 radical (unpaired) electrons. The maximum Gasteiger partial charge on any atom is 0.138 e. The van der Waals surface area contributed by atoms with Crippen molar-refractivity contribution in [3.8, 4) is 0 Å². The van der Waals surface area contributed by atoms with Gasteiger partial charge in [0.1, 0.15) is 12.2 Å². The standard InChI is InChI=1S/C14H22N4S/c1-5-6-18-14(16-9-17-18)8-12(15-4)13-7-10(2)11(3)19-13/h7,9,12,15H,5-6,8H2,1-4H3. The number of hydrogen-bond donors (Lipinski definition) is 1. The molecule has 2 aromatic rings. The Labute approximate surface area is 118 Å². The predicted octanol–water partition coefficient (Wildman–Crippen LogP) is 2.87. The van der Waals surface area contributed by atoms with Crippen molar-refractivity contribution in [2.45, 2.75) is 46.2 Å². The molecule has 0 fully saturated rings. The lowest BCUT2D eigenvalue weighted by molar-refractivity contribution is 0.521. The van der Waals surface area contributed by atoms with Crippen LogP contribution in [-0.4, -0.2) is 21.8 Å². The summed E-state index contributed by atoms with van der Waals surface area (Å²) in [6.45, 7) is 7.44. The van der Waals surface area contributed by atoms with Gasteiger partial charge < -0.3 is 5.32 Å². The molecule has 0 bridgehead atoms. The molecule has 0 aliphatic carbocycles. The summed E-state index contributed by atoms with van der Waals surface area (Å²) in [5, 5.41) is 7.69. The zero-order chi connectivity index (χ0) is 13.8. The quantitative estimate of drug-likeness (QED) is 0.883. The van der Waals surface area contributed by atoms with Crippen molar-refractivity contribution in [1.82, 2.24) is 20.1 Å². The Bertz CT molecular complexity index is 510. The Morgan fingerprint density at radius 1 is 1.42 bits per heavy atom. The average molecular weight is 278 g/mol. The molecule has 0 saturated carbocycles. The van der Waals surface area contributed by atoms with Crippen molar-refractivity contribution >= 4 is 11.3 Å². The summed E-state index contributed by atoms with van der Waals surface area (Å²) in [6.07, 6.45) is 3.62. The first-order chi connectivity index (χ1) is 9.15. The monoisotopic (exact) mass is 278 g/mol. The van der Waals surface area contributed by atoms with Crippen LogP contribution in [0.3, 0.4) is 0 Å². The van der Waals surface area contributed by atoms with Crippen LogP contribution in [0.2, 0.25) is 0 Å². The molecule has 0 saturated heterocycles. The number of aromatic nitrogens is 3. The van der Waals surface area contributed by atoms with Gasteiger partial charge in [0.25, 0.3) is 0 Å². The summed E-state index contributed by atoms with van der Waals surface area (Å²) in [6, 6.07) is 2.60. The molecule has 0 aliphatic heterocycles. The van der Waals surface area contributed by atoms with Gasteiger partial charge in [-0.05, 0) is 38.9 Å². The average Bonchev–Trinajstić information content (AvgIpc) is 2.95. The highest BCUT2D eigenvalue weighted by Gasteiger charge is 2.16. The van der Waals surface area contributed by atoms with E-state index in [0.29, 0.717) is 6.04 Å². The summed E-state index contributed by atoms with van der Waals surface area (Å²) in [5.74, 6) is 1.06. The van der Waals surface area contributed by atoms with Gasteiger partial charge in [-0.15, -0.1) is 11.3 Å². The van der Waals surface area contributed by atoms with Crippen molar-refractivity contribution in [3.05, 3.63) is 33.5 Å². The number of thiophene rings is 1. The Kier molecular flexibility index (Phi) is 4.71. The normalized spacial score (nSPS) is 12.8. The van der Waals surface area contributed by atoms with Gasteiger partial charge in [-0.1, -0.05) is 6.92 Å². The summed E-state index contributed by atoms with van der Waals surface area (Å²) in [7, 11) is 2.01. The molecule has 0 aliphatic rings. The van der Waals surface area contributed by atoms with E-state index in [9.17, 15) is 0 Å². The van der Waals surface area contributed by atoms with Crippen molar-refractivity contribution in [1.29, 1.82) is 0 Å². The SMILES string of the molecule is CCCn1ncnc1CC(NC)c1cc(C)c(C)s1. The zero-order valence-corrected chi connectivity index (χ0v) is 12.9. The highest BCUT2D eigenvalue weighted by molar-refractivity contribution is 7.12. The van der Waals surface area contributed by atoms with E-state index < -0.39 is 0 Å². The largest absolute Gasteiger partial charge is 0.312 e. The fraction of sp³-hybridized carbons (Fsp3) is 0.571. The van der Waals surface area contributed by atoms with Crippen molar-refractivity contribution in [3.63, 3.8) is 0 Å². The van der Waals surface area contributed by atoms with Crippen LogP contribution in [0.4, 0.5) is 0 Å². The van der Waals surface area contributed by atoms with Crippen LogP contribution in [0.1, 0.15) is 40.5 Å². The molecule has 0 amide bonds. The molecule has 1 unspecified atom stereocenters. The Morgan fingerprint density at radius 2 is 2.21 bits per heavy atom. The minimum Gasteiger partial charge on any atom is -0.312 e. The van der Waals surface area contributed by atoms with Crippen LogP contribution in [0, 0.1) is 13.8 Å². The van der Waals surface area contributed by atoms with Crippen LogP contribution < -0.4 is 5.32 Å². The van der Waals surface area contributed by atoms with Gasteiger partial charge in [-0.25, -0.2) is 4.98 Å². The molecule has 104 valence electrons. The Balaban J connectivity index is 2.16. The zero-order valence-electron chi connectivity index (χ0n) is 12.1. The Hall–Kier alpha value is -1.20. The number of nitrogens with zero attached hydrogens (tertiary/aromatic N) is 3. The van der Waals surface area contributed by atoms with E-state index in [1.165, 1.54) is 15.3 Å². The summed E-state index contributed by atoms with van der Waals surface area (Å²) in [4.78, 5) is 7.17. The number of nitrogens with one attached hydrogen (secondary N) is 1. The highest BCUT2D eigenvalue weighted by Crippen LogP contribution is 2.28. The first-order valence-electron chi connectivity index (χ1n) is 6.76. The molecular weight excluding hydrogens is 256 g/mol. The molecule has 1 atom stereocenters. The molecule has 2 heterocycles. The molecule has 0 spiro atoms. The van der Waals surface area contributed by atoms with Gasteiger partial charge in [-0.2, -0.15) is 5.10 Å². The highest BCUT2D eigenvalue weighted by atomic mass is 32.1. The first-order valence-corrected chi connectivity index (χ1v) is 7.58. The lowest BCUT2D eigenvalue weighted by Gasteiger charge is -2.14. The van der Waals surface area contributed by atoms with Crippen molar-refractivity contribution in [2.24, 2.45) is 0 Å². The van der Waals surface area contributed by atoms with Crippen LogP contribution >= 0.6 is 11.3 Å². The third kappa shape index (κ3) is 3.22. The van der Waals surface area contributed by atoms with E-state index in [-0.39, 0.29) is 0 Å². The van der Waals surface area contributed by atoms with Crippen molar-refractivity contribution < 1.29 is 0 Å². The molecule has 4 nitrogen and oxygen atoms in total. The van der Waals surface area contributed by atoms with E-state index in [1.54, 1.807) is 6.33 Å². The number of likely N-dealkylation sites (N-methyl/N-ethyl adjacent to an activating group) is 1. The van der Waals surface area contributed by atoms with E-state index >= 15 is 0 Å². The number of rotatable bonds is 6. The van der Waals surface area contributed by atoms with Gasteiger partial charge >= 0.3 is 0 Å². The Morgan fingerprint density at radius 3 is 2.79 bits per heavy atom. The van der Waals surface area contributed by atoms with Gasteiger partial charge in [-0.3, -0.25) is 4.68 Å². The predicted molar refractivity (Wildman–Crippen MR) is 79.6 cm³/mol. The van der Waals surface area contributed by atoms with E-state index in [2.05, 4.69) is 42.2 Å². The molecule has 2 rings (SSSR count). The smallest absolute Gasteiger partial charge is 0.138 e. The summed E-state index contributed by atoms with van der Waals surface area (Å²) in [5.41, 5.74) is 1.37. The van der Waals surface area contributed by atoms with Crippen LogP contribution in [0.25, 0.3) is 0 Å². The van der Waals surface area contributed by atoms with Crippen LogP contribution in [-0.2, 0) is 13.0 Å². The number of hydrogen-bond acceptors (Lipinski definition) is 4. The number of aryl methyl sites for hydroxylation is 3. The lowest BCUT2D eigenvalue weighted by Crippen LogP contribution is -2.20. The van der Waals surface area contributed by atoms with Gasteiger partial charge in [0.15, 0.2) is 0 Å². The second kappa shape index (κ2) is 6.30. The second-order valence-corrected chi connectivity index (χ2v) is 6.12. The molecule has 1 N–H and O–H groups in total. The molecule has 19 heavy (non-hydrogen) atoms. The van der Waals surface area contributed by atoms with Gasteiger partial charge in [0.2, 0.25) is 0 Å². The third-order valence-corrected chi connectivity index (χ3v) is 4.66. The lowest BCUT2D eigenvalue weighted by atomic mass is 10.1. The maximum atomic E-state index is 4.39. The fourth-order valence-corrected chi connectivity index (χ4v) is 3.30. The fourth-order valence-electron chi connectivity index (χ4n) is 2.15. The van der Waals surface area contributed by atoms with Gasteiger partial charge in [0, 0.05) is 28.8 Å². The maximum absolute atomic E-state index is 4.39. The molecule has 0 aromatic carbocycles. The summed E-state index contributed by atoms with van der Waals surface area (Å²) >= 11 is 1.87. The minimum atomic E-state index is 0.317.